The number of nitrogens with zero attached hydrogens (tertiary/aromatic N) is 1. The van der Waals surface area contributed by atoms with Gasteiger partial charge in [-0.25, -0.2) is 9.78 Å². The molecule has 32 heavy (non-hydrogen) atoms. The topological polar surface area (TPSA) is 113 Å². The third-order valence-corrected chi connectivity index (χ3v) is 5.44. The van der Waals surface area contributed by atoms with E-state index < -0.39 is 30.0 Å². The first-order valence-electron chi connectivity index (χ1n) is 11.0. The van der Waals surface area contributed by atoms with Crippen LogP contribution in [-0.4, -0.2) is 54.8 Å². The molecule has 1 aliphatic carbocycles. The third-order valence-electron chi connectivity index (χ3n) is 5.44. The molecule has 0 aromatic carbocycles. The average Bonchev–Trinajstić information content (AvgIpc) is 2.69. The maximum Gasteiger partial charge on any atom is 0.328 e. The molecule has 1 amide bonds. The van der Waals surface area contributed by atoms with Crippen molar-refractivity contribution in [3.05, 3.63) is 18.0 Å². The molecule has 0 aliphatic heterocycles. The van der Waals surface area contributed by atoms with Crippen LogP contribution in [0.15, 0.2) is 12.3 Å². The van der Waals surface area contributed by atoms with Crippen LogP contribution < -0.4 is 14.8 Å². The molecule has 0 bridgehead atoms. The molecule has 2 rings (SSSR count). The Hall–Kier alpha value is -2.68. The molecular formula is C23H34N2O7. The van der Waals surface area contributed by atoms with Gasteiger partial charge in [-0.05, 0) is 38.5 Å². The maximum absolute atomic E-state index is 12.7. The van der Waals surface area contributed by atoms with Gasteiger partial charge in [0, 0.05) is 25.8 Å². The minimum Gasteiger partial charge on any atom is -0.493 e. The number of carbonyl (C=O) groups excluding carboxylic acids is 3. The average molecular weight is 451 g/mol. The first kappa shape index (κ1) is 25.6. The van der Waals surface area contributed by atoms with Crippen molar-refractivity contribution in [2.24, 2.45) is 11.8 Å². The lowest BCUT2D eigenvalue weighted by atomic mass is 9.86. The number of ether oxygens (including phenoxy) is 4. The number of methoxy groups -OCH3 is 1. The highest BCUT2D eigenvalue weighted by Gasteiger charge is 2.31. The summed E-state index contributed by atoms with van der Waals surface area (Å²) in [5.74, 6) is -1.23. The van der Waals surface area contributed by atoms with Crippen LogP contribution in [0.2, 0.25) is 0 Å². The summed E-state index contributed by atoms with van der Waals surface area (Å²) in [4.78, 5) is 40.9. The fourth-order valence-electron chi connectivity index (χ4n) is 3.37. The molecule has 178 valence electrons. The molecule has 1 aromatic heterocycles. The van der Waals surface area contributed by atoms with Gasteiger partial charge in [-0.3, -0.25) is 9.59 Å². The van der Waals surface area contributed by atoms with Gasteiger partial charge in [0.2, 0.25) is 5.75 Å². The second kappa shape index (κ2) is 11.8. The van der Waals surface area contributed by atoms with Gasteiger partial charge in [0.1, 0.15) is 12.1 Å². The molecule has 1 heterocycles. The van der Waals surface area contributed by atoms with Crippen LogP contribution in [0.1, 0.15) is 64.4 Å². The Bertz CT molecular complexity index is 808. The summed E-state index contributed by atoms with van der Waals surface area (Å²) in [6, 6.07) is 0.506. The normalized spacial score (nSPS) is 16.5. The SMILES string of the molecule is COc1ccnc(C(=O)N[C@@H](C)C(=O)OC(C(C)C)[C@H](C)OCC2CCC2)c1OC(C)=O. The first-order chi connectivity index (χ1) is 15.1. The summed E-state index contributed by atoms with van der Waals surface area (Å²) < 4.78 is 21.9. The maximum atomic E-state index is 12.7. The van der Waals surface area contributed by atoms with E-state index in [0.29, 0.717) is 12.5 Å². The molecule has 1 aliphatic rings. The van der Waals surface area contributed by atoms with Crippen molar-refractivity contribution in [3.63, 3.8) is 0 Å². The van der Waals surface area contributed by atoms with E-state index in [2.05, 4.69) is 10.3 Å². The van der Waals surface area contributed by atoms with E-state index >= 15 is 0 Å². The lowest BCUT2D eigenvalue weighted by Crippen LogP contribution is -2.44. The Morgan fingerprint density at radius 3 is 2.41 bits per heavy atom. The van der Waals surface area contributed by atoms with E-state index in [-0.39, 0.29) is 29.2 Å². The summed E-state index contributed by atoms with van der Waals surface area (Å²) in [6.07, 6.45) is 4.22. The molecule has 0 radical (unpaired) electrons. The Labute approximate surface area is 189 Å². The predicted octanol–water partition coefficient (Wildman–Crippen LogP) is 2.91. The van der Waals surface area contributed by atoms with Gasteiger partial charge < -0.3 is 24.3 Å². The number of aromatic nitrogens is 1. The van der Waals surface area contributed by atoms with Crippen molar-refractivity contribution in [3.8, 4) is 11.5 Å². The Morgan fingerprint density at radius 1 is 1.19 bits per heavy atom. The standard InChI is InChI=1S/C23H34N2O7/c1-13(2)20(15(4)30-12-17-8-7-9-17)32-23(28)14(3)25-22(27)19-21(31-16(5)26)18(29-6)10-11-24-19/h10-11,13-15,17,20H,7-9,12H2,1-6H3,(H,25,27)/t14-,15-,20?/m0/s1. The van der Waals surface area contributed by atoms with Gasteiger partial charge in [-0.1, -0.05) is 20.3 Å². The number of carbonyl (C=O) groups is 3. The monoisotopic (exact) mass is 450 g/mol. The molecule has 0 spiro atoms. The second-order valence-corrected chi connectivity index (χ2v) is 8.46. The fraction of sp³-hybridized carbons (Fsp3) is 0.652. The van der Waals surface area contributed by atoms with Gasteiger partial charge in [0.25, 0.3) is 5.91 Å². The molecule has 9 heteroatoms. The number of rotatable bonds is 11. The van der Waals surface area contributed by atoms with Gasteiger partial charge >= 0.3 is 11.9 Å². The third kappa shape index (κ3) is 6.91. The molecule has 1 N–H and O–H groups in total. The van der Waals surface area contributed by atoms with Crippen molar-refractivity contribution in [1.82, 2.24) is 10.3 Å². The first-order valence-corrected chi connectivity index (χ1v) is 11.0. The van der Waals surface area contributed by atoms with Crippen molar-refractivity contribution in [1.29, 1.82) is 0 Å². The highest BCUT2D eigenvalue weighted by atomic mass is 16.6. The van der Waals surface area contributed by atoms with Gasteiger partial charge in [0.05, 0.1) is 13.2 Å². The minimum atomic E-state index is -0.958. The Kier molecular flexibility index (Phi) is 9.43. The molecule has 0 saturated heterocycles. The number of nitrogens with one attached hydrogen (secondary N) is 1. The minimum absolute atomic E-state index is 0.0360. The van der Waals surface area contributed by atoms with Crippen molar-refractivity contribution < 1.29 is 33.3 Å². The van der Waals surface area contributed by atoms with E-state index in [1.807, 2.05) is 20.8 Å². The van der Waals surface area contributed by atoms with Crippen LogP contribution >= 0.6 is 0 Å². The largest absolute Gasteiger partial charge is 0.493 e. The van der Waals surface area contributed by atoms with Gasteiger partial charge in [0.15, 0.2) is 11.4 Å². The summed E-state index contributed by atoms with van der Waals surface area (Å²) in [5, 5.41) is 2.55. The number of esters is 2. The number of pyridine rings is 1. The van der Waals surface area contributed by atoms with Crippen molar-refractivity contribution >= 4 is 17.8 Å². The van der Waals surface area contributed by atoms with Crippen LogP contribution in [-0.2, 0) is 19.1 Å². The fourth-order valence-corrected chi connectivity index (χ4v) is 3.37. The zero-order valence-electron chi connectivity index (χ0n) is 19.7. The molecule has 9 nitrogen and oxygen atoms in total. The quantitative estimate of drug-likeness (QED) is 0.512. The van der Waals surface area contributed by atoms with Crippen LogP contribution in [0.4, 0.5) is 0 Å². The summed E-state index contributed by atoms with van der Waals surface area (Å²) in [6.45, 7) is 9.18. The molecule has 1 saturated carbocycles. The van der Waals surface area contributed by atoms with Crippen molar-refractivity contribution in [2.75, 3.05) is 13.7 Å². The highest BCUT2D eigenvalue weighted by Crippen LogP contribution is 2.30. The van der Waals surface area contributed by atoms with Gasteiger partial charge in [-0.15, -0.1) is 0 Å². The summed E-state index contributed by atoms with van der Waals surface area (Å²) in [7, 11) is 1.38. The lowest BCUT2D eigenvalue weighted by Gasteiger charge is -2.32. The second-order valence-electron chi connectivity index (χ2n) is 8.46. The Balaban J connectivity index is 2.02. The predicted molar refractivity (Wildman–Crippen MR) is 116 cm³/mol. The molecule has 1 aromatic rings. The zero-order chi connectivity index (χ0) is 23.8. The van der Waals surface area contributed by atoms with E-state index in [1.165, 1.54) is 52.5 Å². The van der Waals surface area contributed by atoms with Crippen LogP contribution in [0.25, 0.3) is 0 Å². The van der Waals surface area contributed by atoms with Crippen molar-refractivity contribution in [2.45, 2.75) is 72.1 Å². The highest BCUT2D eigenvalue weighted by molar-refractivity contribution is 5.98. The van der Waals surface area contributed by atoms with E-state index in [9.17, 15) is 14.4 Å². The molecular weight excluding hydrogens is 416 g/mol. The lowest BCUT2D eigenvalue weighted by molar-refractivity contribution is -0.163. The van der Waals surface area contributed by atoms with Crippen LogP contribution in [0, 0.1) is 11.8 Å². The van der Waals surface area contributed by atoms with Crippen LogP contribution in [0.3, 0.4) is 0 Å². The van der Waals surface area contributed by atoms with E-state index in [0.717, 1.165) is 0 Å². The van der Waals surface area contributed by atoms with Crippen LogP contribution in [0.5, 0.6) is 11.5 Å². The smallest absolute Gasteiger partial charge is 0.328 e. The summed E-state index contributed by atoms with van der Waals surface area (Å²) in [5.41, 5.74) is -0.170. The zero-order valence-corrected chi connectivity index (χ0v) is 19.7. The number of hydrogen-bond acceptors (Lipinski definition) is 8. The molecule has 3 atom stereocenters. The summed E-state index contributed by atoms with van der Waals surface area (Å²) >= 11 is 0. The van der Waals surface area contributed by atoms with E-state index in [1.54, 1.807) is 0 Å². The Morgan fingerprint density at radius 2 is 1.88 bits per heavy atom. The van der Waals surface area contributed by atoms with E-state index in [4.69, 9.17) is 18.9 Å². The number of amides is 1. The molecule has 1 fully saturated rings. The van der Waals surface area contributed by atoms with Gasteiger partial charge in [-0.2, -0.15) is 0 Å². The number of hydrogen-bond donors (Lipinski definition) is 1. The molecule has 1 unspecified atom stereocenters.